The highest BCUT2D eigenvalue weighted by atomic mass is 16.2. The summed E-state index contributed by atoms with van der Waals surface area (Å²) in [6.07, 6.45) is 2.64. The third-order valence-corrected chi connectivity index (χ3v) is 5.54. The molecular weight excluding hydrogens is 340 g/mol. The van der Waals surface area contributed by atoms with Crippen LogP contribution in [0.25, 0.3) is 0 Å². The van der Waals surface area contributed by atoms with Crippen LogP contribution in [-0.2, 0) is 9.59 Å². The van der Waals surface area contributed by atoms with Crippen molar-refractivity contribution in [3.8, 4) is 0 Å². The molecule has 2 aliphatic rings. The zero-order valence-electron chi connectivity index (χ0n) is 17.1. The van der Waals surface area contributed by atoms with Crippen LogP contribution in [0.5, 0.6) is 0 Å². The molecule has 0 saturated carbocycles. The Hall–Kier alpha value is -2.11. The zero-order chi connectivity index (χ0) is 19.6. The van der Waals surface area contributed by atoms with Gasteiger partial charge in [-0.15, -0.1) is 0 Å². The summed E-state index contributed by atoms with van der Waals surface area (Å²) < 4.78 is 0. The fourth-order valence-electron chi connectivity index (χ4n) is 4.17. The van der Waals surface area contributed by atoms with Crippen LogP contribution in [0.3, 0.4) is 0 Å². The fraction of sp³-hybridized carbons (Fsp3) is 0.667. The summed E-state index contributed by atoms with van der Waals surface area (Å²) in [4.78, 5) is 35.2. The predicted octanol–water partition coefficient (Wildman–Crippen LogP) is 2.77. The molecule has 0 aliphatic carbocycles. The SMILES string of the molecule is CC(=O)N1CCC[C@@H]1c1cc(N2CCN(C(=O)CC(C)C)CC2)cc(C)n1. The summed E-state index contributed by atoms with van der Waals surface area (Å²) in [5, 5.41) is 0. The van der Waals surface area contributed by atoms with E-state index in [1.165, 1.54) is 0 Å². The Morgan fingerprint density at radius 3 is 2.48 bits per heavy atom. The van der Waals surface area contributed by atoms with Crippen molar-refractivity contribution in [2.75, 3.05) is 37.6 Å². The van der Waals surface area contributed by atoms with Crippen molar-refractivity contribution in [3.05, 3.63) is 23.5 Å². The van der Waals surface area contributed by atoms with Gasteiger partial charge in [-0.1, -0.05) is 13.8 Å². The van der Waals surface area contributed by atoms with E-state index in [0.717, 1.165) is 62.6 Å². The molecule has 0 bridgehead atoms. The van der Waals surface area contributed by atoms with E-state index in [4.69, 9.17) is 4.98 Å². The number of pyridine rings is 1. The number of piperazine rings is 1. The van der Waals surface area contributed by atoms with E-state index in [9.17, 15) is 9.59 Å². The van der Waals surface area contributed by atoms with Gasteiger partial charge >= 0.3 is 0 Å². The first-order valence-corrected chi connectivity index (χ1v) is 10.1. The van der Waals surface area contributed by atoms with E-state index in [2.05, 4.69) is 30.9 Å². The summed E-state index contributed by atoms with van der Waals surface area (Å²) >= 11 is 0. The zero-order valence-corrected chi connectivity index (χ0v) is 17.1. The fourth-order valence-corrected chi connectivity index (χ4v) is 4.17. The Morgan fingerprint density at radius 2 is 1.85 bits per heavy atom. The molecule has 1 aromatic rings. The number of anilines is 1. The minimum Gasteiger partial charge on any atom is -0.368 e. The van der Waals surface area contributed by atoms with Gasteiger partial charge in [0, 0.05) is 57.4 Å². The smallest absolute Gasteiger partial charge is 0.222 e. The molecule has 2 fully saturated rings. The minimum absolute atomic E-state index is 0.0926. The average Bonchev–Trinajstić information content (AvgIpc) is 3.11. The van der Waals surface area contributed by atoms with Crippen molar-refractivity contribution in [1.29, 1.82) is 0 Å². The molecule has 3 heterocycles. The highest BCUT2D eigenvalue weighted by molar-refractivity contribution is 5.76. The van der Waals surface area contributed by atoms with E-state index in [1.54, 1.807) is 6.92 Å². The second kappa shape index (κ2) is 8.28. The van der Waals surface area contributed by atoms with Gasteiger partial charge < -0.3 is 14.7 Å². The van der Waals surface area contributed by atoms with Gasteiger partial charge in [0.25, 0.3) is 0 Å². The van der Waals surface area contributed by atoms with Gasteiger partial charge in [-0.25, -0.2) is 0 Å². The van der Waals surface area contributed by atoms with Crippen molar-refractivity contribution in [1.82, 2.24) is 14.8 Å². The van der Waals surface area contributed by atoms with E-state index in [-0.39, 0.29) is 17.9 Å². The van der Waals surface area contributed by atoms with E-state index < -0.39 is 0 Å². The normalized spacial score (nSPS) is 20.5. The molecule has 27 heavy (non-hydrogen) atoms. The van der Waals surface area contributed by atoms with Crippen molar-refractivity contribution < 1.29 is 9.59 Å². The second-order valence-electron chi connectivity index (χ2n) is 8.23. The monoisotopic (exact) mass is 372 g/mol. The highest BCUT2D eigenvalue weighted by Gasteiger charge is 2.30. The Morgan fingerprint density at radius 1 is 1.15 bits per heavy atom. The molecule has 0 radical (unpaired) electrons. The van der Waals surface area contributed by atoms with Gasteiger partial charge in [0.2, 0.25) is 11.8 Å². The van der Waals surface area contributed by atoms with Crippen molar-refractivity contribution >= 4 is 17.5 Å². The first kappa shape index (κ1) is 19.6. The summed E-state index contributed by atoms with van der Waals surface area (Å²) in [6.45, 7) is 11.9. The third-order valence-electron chi connectivity index (χ3n) is 5.54. The highest BCUT2D eigenvalue weighted by Crippen LogP contribution is 2.33. The number of hydrogen-bond acceptors (Lipinski definition) is 4. The number of carbonyl (C=O) groups is 2. The standard InChI is InChI=1S/C21H32N4O2/c1-15(2)12-21(27)24-10-8-23(9-11-24)18-13-16(3)22-19(14-18)20-6-5-7-25(20)17(4)26/h13-15,20H,5-12H2,1-4H3/t20-/m1/s1. The molecule has 0 N–H and O–H groups in total. The summed E-state index contributed by atoms with van der Waals surface area (Å²) in [5.74, 6) is 0.788. The summed E-state index contributed by atoms with van der Waals surface area (Å²) in [5.41, 5.74) is 3.14. The lowest BCUT2D eigenvalue weighted by Gasteiger charge is -2.37. The topological polar surface area (TPSA) is 56.8 Å². The van der Waals surface area contributed by atoms with Gasteiger partial charge in [-0.3, -0.25) is 14.6 Å². The number of nitrogens with zero attached hydrogens (tertiary/aromatic N) is 4. The molecule has 2 amide bonds. The molecule has 2 aliphatic heterocycles. The number of carbonyl (C=O) groups excluding carboxylic acids is 2. The van der Waals surface area contributed by atoms with Gasteiger partial charge in [0.1, 0.15) is 0 Å². The second-order valence-corrected chi connectivity index (χ2v) is 8.23. The molecule has 3 rings (SSSR count). The number of hydrogen-bond donors (Lipinski definition) is 0. The Bertz CT molecular complexity index is 695. The van der Waals surface area contributed by atoms with E-state index in [1.807, 2.05) is 16.7 Å². The first-order valence-electron chi connectivity index (χ1n) is 10.1. The maximum Gasteiger partial charge on any atom is 0.222 e. The van der Waals surface area contributed by atoms with Crippen LogP contribution >= 0.6 is 0 Å². The van der Waals surface area contributed by atoms with Crippen LogP contribution in [0, 0.1) is 12.8 Å². The van der Waals surface area contributed by atoms with Gasteiger partial charge in [0.15, 0.2) is 0 Å². The molecule has 6 heteroatoms. The first-order chi connectivity index (χ1) is 12.8. The number of rotatable bonds is 4. The number of likely N-dealkylation sites (tertiary alicyclic amines) is 1. The maximum absolute atomic E-state index is 12.3. The molecule has 1 atom stereocenters. The summed E-state index contributed by atoms with van der Waals surface area (Å²) in [6, 6.07) is 4.35. The lowest BCUT2D eigenvalue weighted by molar-refractivity contribution is -0.132. The van der Waals surface area contributed by atoms with Crippen LogP contribution in [-0.4, -0.2) is 59.3 Å². The number of aromatic nitrogens is 1. The van der Waals surface area contributed by atoms with E-state index >= 15 is 0 Å². The lowest BCUT2D eigenvalue weighted by atomic mass is 10.1. The van der Waals surface area contributed by atoms with Crippen LogP contribution in [0.2, 0.25) is 0 Å². The molecule has 148 valence electrons. The molecule has 0 spiro atoms. The quantitative estimate of drug-likeness (QED) is 0.815. The van der Waals surface area contributed by atoms with Crippen LogP contribution in [0.4, 0.5) is 5.69 Å². The van der Waals surface area contributed by atoms with Crippen molar-refractivity contribution in [3.63, 3.8) is 0 Å². The van der Waals surface area contributed by atoms with Crippen LogP contribution in [0.1, 0.15) is 57.5 Å². The molecule has 1 aromatic heterocycles. The summed E-state index contributed by atoms with van der Waals surface area (Å²) in [7, 11) is 0. The third kappa shape index (κ3) is 4.60. The number of amides is 2. The van der Waals surface area contributed by atoms with Crippen LogP contribution < -0.4 is 4.90 Å². The Kier molecular flexibility index (Phi) is 6.02. The Labute approximate surface area is 162 Å². The number of aryl methyl sites for hydroxylation is 1. The molecule has 2 saturated heterocycles. The molecule has 6 nitrogen and oxygen atoms in total. The van der Waals surface area contributed by atoms with Crippen molar-refractivity contribution in [2.24, 2.45) is 5.92 Å². The Balaban J connectivity index is 1.70. The lowest BCUT2D eigenvalue weighted by Crippen LogP contribution is -2.49. The minimum atomic E-state index is 0.0926. The van der Waals surface area contributed by atoms with Gasteiger partial charge in [-0.05, 0) is 37.8 Å². The molecule has 0 aromatic carbocycles. The molecular formula is C21H32N4O2. The van der Waals surface area contributed by atoms with Crippen LogP contribution in [0.15, 0.2) is 12.1 Å². The average molecular weight is 373 g/mol. The van der Waals surface area contributed by atoms with Gasteiger partial charge in [0.05, 0.1) is 11.7 Å². The predicted molar refractivity (Wildman–Crippen MR) is 107 cm³/mol. The maximum atomic E-state index is 12.3. The largest absolute Gasteiger partial charge is 0.368 e. The van der Waals surface area contributed by atoms with E-state index in [0.29, 0.717) is 12.3 Å². The molecule has 0 unspecified atom stereocenters. The van der Waals surface area contributed by atoms with Crippen molar-refractivity contribution in [2.45, 2.75) is 53.0 Å². The van der Waals surface area contributed by atoms with Gasteiger partial charge in [-0.2, -0.15) is 0 Å².